The highest BCUT2D eigenvalue weighted by atomic mass is 16.3. The molecule has 1 nitrogen and oxygen atoms in total. The summed E-state index contributed by atoms with van der Waals surface area (Å²) in [5, 5.41) is 8.91. The fourth-order valence-electron chi connectivity index (χ4n) is 1.69. The van der Waals surface area contributed by atoms with E-state index in [2.05, 4.69) is 19.1 Å². The van der Waals surface area contributed by atoms with Crippen molar-refractivity contribution in [1.82, 2.24) is 0 Å². The predicted molar refractivity (Wildman–Crippen MR) is 49.1 cm³/mol. The topological polar surface area (TPSA) is 20.2 Å². The Morgan fingerprint density at radius 3 is 2.67 bits per heavy atom. The van der Waals surface area contributed by atoms with Crippen molar-refractivity contribution in [2.24, 2.45) is 0 Å². The monoisotopic (exact) mass is 162 g/mol. The minimum absolute atomic E-state index is 0.159. The second kappa shape index (κ2) is 2.91. The molecule has 1 aromatic rings. The summed E-state index contributed by atoms with van der Waals surface area (Å²) in [6, 6.07) is 6.28. The van der Waals surface area contributed by atoms with Crippen molar-refractivity contribution in [2.45, 2.75) is 32.3 Å². The number of aliphatic hydroxyl groups is 1. The van der Waals surface area contributed by atoms with Crippen LogP contribution in [-0.4, -0.2) is 5.11 Å². The minimum Gasteiger partial charge on any atom is -0.392 e. The lowest BCUT2D eigenvalue weighted by Gasteiger charge is -2.05. The van der Waals surface area contributed by atoms with Crippen LogP contribution in [0.25, 0.3) is 0 Å². The number of hydrogen-bond donors (Lipinski definition) is 1. The highest BCUT2D eigenvalue weighted by Crippen LogP contribution is 2.41. The maximum Gasteiger partial charge on any atom is 0.0681 e. The molecule has 1 aliphatic rings. The van der Waals surface area contributed by atoms with Crippen LogP contribution in [0.4, 0.5) is 0 Å². The van der Waals surface area contributed by atoms with Crippen molar-refractivity contribution >= 4 is 0 Å². The Labute approximate surface area is 73.0 Å². The average Bonchev–Trinajstić information content (AvgIpc) is 2.87. The number of aryl methyl sites for hydroxylation is 1. The summed E-state index contributed by atoms with van der Waals surface area (Å²) in [5.74, 6) is 0.817. The highest BCUT2D eigenvalue weighted by Gasteiger charge is 2.24. The van der Waals surface area contributed by atoms with Crippen LogP contribution >= 0.6 is 0 Å². The molecule has 1 aromatic carbocycles. The summed E-state index contributed by atoms with van der Waals surface area (Å²) in [7, 11) is 0. The van der Waals surface area contributed by atoms with Gasteiger partial charge in [-0.05, 0) is 42.4 Å². The molecule has 12 heavy (non-hydrogen) atoms. The van der Waals surface area contributed by atoms with E-state index in [0.29, 0.717) is 0 Å². The smallest absolute Gasteiger partial charge is 0.0681 e. The van der Waals surface area contributed by atoms with E-state index in [1.54, 1.807) is 0 Å². The van der Waals surface area contributed by atoms with E-state index in [4.69, 9.17) is 5.11 Å². The second-order valence-corrected chi connectivity index (χ2v) is 3.62. The van der Waals surface area contributed by atoms with Gasteiger partial charge in [-0.3, -0.25) is 0 Å². The third-order valence-electron chi connectivity index (χ3n) is 2.53. The number of aliphatic hydroxyl groups excluding tert-OH is 1. The van der Waals surface area contributed by atoms with E-state index in [0.717, 1.165) is 11.5 Å². The molecule has 0 amide bonds. The maximum atomic E-state index is 8.91. The molecule has 1 aliphatic carbocycles. The Bertz CT molecular complexity index is 287. The Morgan fingerprint density at radius 1 is 1.42 bits per heavy atom. The van der Waals surface area contributed by atoms with Crippen molar-refractivity contribution < 1.29 is 5.11 Å². The predicted octanol–water partition coefficient (Wildman–Crippen LogP) is 2.36. The SMILES string of the molecule is Cc1cc(CO)ccc1C1CC1. The Balaban J connectivity index is 2.32. The van der Waals surface area contributed by atoms with Gasteiger partial charge in [0, 0.05) is 0 Å². The van der Waals surface area contributed by atoms with Gasteiger partial charge in [0.05, 0.1) is 6.61 Å². The van der Waals surface area contributed by atoms with Gasteiger partial charge >= 0.3 is 0 Å². The lowest BCUT2D eigenvalue weighted by atomic mass is 10.0. The van der Waals surface area contributed by atoms with Gasteiger partial charge in [0.1, 0.15) is 0 Å². The molecular formula is C11H14O. The molecule has 0 spiro atoms. The van der Waals surface area contributed by atoms with Gasteiger partial charge in [-0.2, -0.15) is 0 Å². The zero-order valence-corrected chi connectivity index (χ0v) is 7.38. The highest BCUT2D eigenvalue weighted by molar-refractivity contribution is 5.35. The molecule has 1 heteroatoms. The number of rotatable bonds is 2. The summed E-state index contributed by atoms with van der Waals surface area (Å²) in [4.78, 5) is 0. The van der Waals surface area contributed by atoms with Crippen molar-refractivity contribution in [1.29, 1.82) is 0 Å². The molecule has 1 N–H and O–H groups in total. The zero-order chi connectivity index (χ0) is 8.55. The summed E-state index contributed by atoms with van der Waals surface area (Å²) in [6.45, 7) is 2.29. The van der Waals surface area contributed by atoms with Crippen molar-refractivity contribution in [3.05, 3.63) is 34.9 Å². The molecule has 1 fully saturated rings. The Morgan fingerprint density at radius 2 is 2.17 bits per heavy atom. The van der Waals surface area contributed by atoms with Crippen LogP contribution in [0.1, 0.15) is 35.4 Å². The lowest BCUT2D eigenvalue weighted by molar-refractivity contribution is 0.281. The summed E-state index contributed by atoms with van der Waals surface area (Å²) < 4.78 is 0. The second-order valence-electron chi connectivity index (χ2n) is 3.62. The quantitative estimate of drug-likeness (QED) is 0.707. The number of hydrogen-bond acceptors (Lipinski definition) is 1. The first kappa shape index (κ1) is 7.81. The molecule has 0 aromatic heterocycles. The summed E-state index contributed by atoms with van der Waals surface area (Å²) >= 11 is 0. The molecule has 0 unspecified atom stereocenters. The third-order valence-corrected chi connectivity index (χ3v) is 2.53. The Hall–Kier alpha value is -0.820. The lowest BCUT2D eigenvalue weighted by Crippen LogP contribution is -1.89. The fourth-order valence-corrected chi connectivity index (χ4v) is 1.69. The molecular weight excluding hydrogens is 148 g/mol. The normalized spacial score (nSPS) is 16.5. The van der Waals surface area contributed by atoms with E-state index in [9.17, 15) is 0 Å². The standard InChI is InChI=1S/C11H14O/c1-8-6-9(7-12)2-5-11(8)10-3-4-10/h2,5-6,10,12H,3-4,7H2,1H3. The van der Waals surface area contributed by atoms with Gasteiger partial charge in [0.2, 0.25) is 0 Å². The van der Waals surface area contributed by atoms with E-state index < -0.39 is 0 Å². The van der Waals surface area contributed by atoms with Gasteiger partial charge in [-0.25, -0.2) is 0 Å². The Kier molecular flexibility index (Phi) is 1.89. The fraction of sp³-hybridized carbons (Fsp3) is 0.455. The molecule has 2 rings (SSSR count). The third kappa shape index (κ3) is 1.37. The summed E-state index contributed by atoms with van der Waals surface area (Å²) in [5.41, 5.74) is 3.84. The largest absolute Gasteiger partial charge is 0.392 e. The first-order valence-electron chi connectivity index (χ1n) is 4.51. The summed E-state index contributed by atoms with van der Waals surface area (Å²) in [6.07, 6.45) is 2.69. The molecule has 0 aliphatic heterocycles. The van der Waals surface area contributed by atoms with Crippen molar-refractivity contribution in [3.63, 3.8) is 0 Å². The molecule has 0 atom stereocenters. The van der Waals surface area contributed by atoms with E-state index in [-0.39, 0.29) is 6.61 Å². The van der Waals surface area contributed by atoms with Crippen molar-refractivity contribution in [3.8, 4) is 0 Å². The number of benzene rings is 1. The minimum atomic E-state index is 0.159. The zero-order valence-electron chi connectivity index (χ0n) is 7.38. The molecule has 1 saturated carbocycles. The molecule has 0 bridgehead atoms. The van der Waals surface area contributed by atoms with E-state index in [1.807, 2.05) is 6.07 Å². The molecule has 0 saturated heterocycles. The van der Waals surface area contributed by atoms with Crippen LogP contribution < -0.4 is 0 Å². The van der Waals surface area contributed by atoms with E-state index >= 15 is 0 Å². The van der Waals surface area contributed by atoms with Crippen LogP contribution in [0.15, 0.2) is 18.2 Å². The average molecular weight is 162 g/mol. The van der Waals surface area contributed by atoms with Gasteiger partial charge in [-0.15, -0.1) is 0 Å². The van der Waals surface area contributed by atoms with E-state index in [1.165, 1.54) is 24.0 Å². The van der Waals surface area contributed by atoms with Gasteiger partial charge < -0.3 is 5.11 Å². The van der Waals surface area contributed by atoms with Gasteiger partial charge in [-0.1, -0.05) is 18.2 Å². The van der Waals surface area contributed by atoms with Crippen LogP contribution in [-0.2, 0) is 6.61 Å². The van der Waals surface area contributed by atoms with Crippen LogP contribution in [0.2, 0.25) is 0 Å². The first-order chi connectivity index (χ1) is 5.81. The van der Waals surface area contributed by atoms with Gasteiger partial charge in [0.25, 0.3) is 0 Å². The van der Waals surface area contributed by atoms with Crippen LogP contribution in [0, 0.1) is 6.92 Å². The van der Waals surface area contributed by atoms with Gasteiger partial charge in [0.15, 0.2) is 0 Å². The first-order valence-corrected chi connectivity index (χ1v) is 4.51. The van der Waals surface area contributed by atoms with Crippen molar-refractivity contribution in [2.75, 3.05) is 0 Å². The molecule has 64 valence electrons. The molecule has 0 radical (unpaired) electrons. The van der Waals surface area contributed by atoms with Crippen LogP contribution in [0.3, 0.4) is 0 Å². The maximum absolute atomic E-state index is 8.91. The molecule has 0 heterocycles. The van der Waals surface area contributed by atoms with Crippen LogP contribution in [0.5, 0.6) is 0 Å².